The summed E-state index contributed by atoms with van der Waals surface area (Å²) in [7, 11) is 0. The van der Waals surface area contributed by atoms with E-state index in [1.807, 2.05) is 47.4 Å². The molecule has 0 saturated carbocycles. The molecule has 4 aromatic rings. The molecule has 0 fully saturated rings. The molecule has 4 rings (SSSR count). The SMILES string of the molecule is Cc1ccc(-c2cc3nc(NCCc4ccncc4)ccn3n2)cc1. The maximum absolute atomic E-state index is 4.65. The smallest absolute Gasteiger partial charge is 0.157 e. The number of fused-ring (bicyclic) bond motifs is 1. The summed E-state index contributed by atoms with van der Waals surface area (Å²) in [5.74, 6) is 0.858. The lowest BCUT2D eigenvalue weighted by atomic mass is 10.1. The summed E-state index contributed by atoms with van der Waals surface area (Å²) in [5.41, 5.74) is 5.37. The molecular formula is C20H19N5. The molecule has 25 heavy (non-hydrogen) atoms. The van der Waals surface area contributed by atoms with Gasteiger partial charge >= 0.3 is 0 Å². The van der Waals surface area contributed by atoms with Crippen LogP contribution in [0.25, 0.3) is 16.9 Å². The number of hydrogen-bond donors (Lipinski definition) is 1. The minimum absolute atomic E-state index is 0.826. The minimum atomic E-state index is 0.826. The Bertz CT molecular complexity index is 974. The van der Waals surface area contributed by atoms with Crippen molar-refractivity contribution in [3.8, 4) is 11.3 Å². The van der Waals surface area contributed by atoms with Crippen molar-refractivity contribution in [2.24, 2.45) is 0 Å². The lowest BCUT2D eigenvalue weighted by molar-refractivity contribution is 0.935. The van der Waals surface area contributed by atoms with Gasteiger partial charge in [-0.05, 0) is 37.1 Å². The number of aryl methyl sites for hydroxylation is 1. The van der Waals surface area contributed by atoms with Crippen LogP contribution in [0.3, 0.4) is 0 Å². The second-order valence-corrected chi connectivity index (χ2v) is 6.04. The second kappa shape index (κ2) is 6.73. The zero-order valence-electron chi connectivity index (χ0n) is 14.1. The van der Waals surface area contributed by atoms with Gasteiger partial charge in [0.2, 0.25) is 0 Å². The first-order valence-electron chi connectivity index (χ1n) is 8.34. The van der Waals surface area contributed by atoms with E-state index in [4.69, 9.17) is 0 Å². The van der Waals surface area contributed by atoms with Crippen molar-refractivity contribution in [1.82, 2.24) is 19.6 Å². The van der Waals surface area contributed by atoms with E-state index in [0.29, 0.717) is 0 Å². The number of anilines is 1. The summed E-state index contributed by atoms with van der Waals surface area (Å²) in [6, 6.07) is 16.4. The molecule has 0 unspecified atom stereocenters. The van der Waals surface area contributed by atoms with Gasteiger partial charge in [-0.25, -0.2) is 9.50 Å². The molecule has 0 aliphatic carbocycles. The van der Waals surface area contributed by atoms with Crippen LogP contribution < -0.4 is 5.32 Å². The topological polar surface area (TPSA) is 55.1 Å². The van der Waals surface area contributed by atoms with E-state index in [9.17, 15) is 0 Å². The Hall–Kier alpha value is -3.21. The van der Waals surface area contributed by atoms with E-state index >= 15 is 0 Å². The average molecular weight is 329 g/mol. The zero-order valence-corrected chi connectivity index (χ0v) is 14.1. The van der Waals surface area contributed by atoms with Crippen LogP contribution in [-0.2, 0) is 6.42 Å². The molecule has 0 atom stereocenters. The molecule has 124 valence electrons. The number of aromatic nitrogens is 4. The first-order chi connectivity index (χ1) is 12.3. The van der Waals surface area contributed by atoms with Crippen molar-refractivity contribution < 1.29 is 0 Å². The molecule has 0 aliphatic heterocycles. The molecule has 0 bridgehead atoms. The highest BCUT2D eigenvalue weighted by Crippen LogP contribution is 2.20. The lowest BCUT2D eigenvalue weighted by Crippen LogP contribution is -2.07. The van der Waals surface area contributed by atoms with Crippen LogP contribution in [0.1, 0.15) is 11.1 Å². The van der Waals surface area contributed by atoms with Crippen LogP contribution in [0.4, 0.5) is 5.82 Å². The van der Waals surface area contributed by atoms with E-state index in [1.54, 1.807) is 0 Å². The number of benzene rings is 1. The van der Waals surface area contributed by atoms with Gasteiger partial charge in [0.15, 0.2) is 5.65 Å². The molecule has 3 heterocycles. The molecule has 0 amide bonds. The first kappa shape index (κ1) is 15.3. The van der Waals surface area contributed by atoms with Gasteiger partial charge in [0.25, 0.3) is 0 Å². The van der Waals surface area contributed by atoms with E-state index in [0.717, 1.165) is 35.7 Å². The van der Waals surface area contributed by atoms with Crippen LogP contribution in [-0.4, -0.2) is 26.1 Å². The lowest BCUT2D eigenvalue weighted by Gasteiger charge is -2.05. The van der Waals surface area contributed by atoms with Gasteiger partial charge in [-0.15, -0.1) is 0 Å². The average Bonchev–Trinajstić information content (AvgIpc) is 3.06. The van der Waals surface area contributed by atoms with E-state index < -0.39 is 0 Å². The molecule has 1 aromatic carbocycles. The summed E-state index contributed by atoms with van der Waals surface area (Å²) >= 11 is 0. The van der Waals surface area contributed by atoms with E-state index in [-0.39, 0.29) is 0 Å². The summed E-state index contributed by atoms with van der Waals surface area (Å²) in [6.45, 7) is 2.91. The van der Waals surface area contributed by atoms with Crippen LogP contribution in [0.15, 0.2) is 67.1 Å². The van der Waals surface area contributed by atoms with Crippen molar-refractivity contribution in [2.45, 2.75) is 13.3 Å². The Morgan fingerprint density at radius 2 is 1.80 bits per heavy atom. The molecule has 0 saturated heterocycles. The Kier molecular flexibility index (Phi) is 4.12. The van der Waals surface area contributed by atoms with E-state index in [2.05, 4.69) is 51.6 Å². The van der Waals surface area contributed by atoms with Gasteiger partial charge in [0, 0.05) is 36.8 Å². The summed E-state index contributed by atoms with van der Waals surface area (Å²) in [6.07, 6.45) is 6.51. The third-order valence-electron chi connectivity index (χ3n) is 4.14. The third-order valence-corrected chi connectivity index (χ3v) is 4.14. The maximum Gasteiger partial charge on any atom is 0.157 e. The van der Waals surface area contributed by atoms with E-state index in [1.165, 1.54) is 11.1 Å². The monoisotopic (exact) mass is 329 g/mol. The largest absolute Gasteiger partial charge is 0.370 e. The molecule has 5 heteroatoms. The van der Waals surface area contributed by atoms with Gasteiger partial charge in [-0.2, -0.15) is 5.10 Å². The van der Waals surface area contributed by atoms with Gasteiger partial charge < -0.3 is 5.32 Å². The van der Waals surface area contributed by atoms with Crippen LogP contribution in [0, 0.1) is 6.92 Å². The molecule has 0 spiro atoms. The molecule has 0 aliphatic rings. The fourth-order valence-corrected chi connectivity index (χ4v) is 2.73. The van der Waals surface area contributed by atoms with Gasteiger partial charge in [0.05, 0.1) is 5.69 Å². The zero-order chi connectivity index (χ0) is 17.1. The fourth-order valence-electron chi connectivity index (χ4n) is 2.73. The fraction of sp³-hybridized carbons (Fsp3) is 0.150. The van der Waals surface area contributed by atoms with Crippen molar-refractivity contribution in [3.05, 3.63) is 78.2 Å². The maximum atomic E-state index is 4.65. The van der Waals surface area contributed by atoms with Crippen LogP contribution in [0.5, 0.6) is 0 Å². The molecular weight excluding hydrogens is 310 g/mol. The van der Waals surface area contributed by atoms with Crippen molar-refractivity contribution in [1.29, 1.82) is 0 Å². The van der Waals surface area contributed by atoms with Crippen molar-refractivity contribution in [2.75, 3.05) is 11.9 Å². The van der Waals surface area contributed by atoms with Gasteiger partial charge in [0.1, 0.15) is 5.82 Å². The number of pyridine rings is 1. The Balaban J connectivity index is 1.49. The summed E-state index contributed by atoms with van der Waals surface area (Å²) in [4.78, 5) is 8.68. The highest BCUT2D eigenvalue weighted by Gasteiger charge is 2.06. The highest BCUT2D eigenvalue weighted by molar-refractivity contribution is 5.65. The van der Waals surface area contributed by atoms with Crippen LogP contribution >= 0.6 is 0 Å². The number of nitrogens with zero attached hydrogens (tertiary/aromatic N) is 4. The third kappa shape index (κ3) is 3.50. The number of nitrogens with one attached hydrogen (secondary N) is 1. The predicted molar refractivity (Wildman–Crippen MR) is 99.6 cm³/mol. The van der Waals surface area contributed by atoms with Crippen LogP contribution in [0.2, 0.25) is 0 Å². The van der Waals surface area contributed by atoms with Crippen molar-refractivity contribution >= 4 is 11.5 Å². The molecule has 1 N–H and O–H groups in total. The van der Waals surface area contributed by atoms with Gasteiger partial charge in [-0.3, -0.25) is 4.98 Å². The Morgan fingerprint density at radius 3 is 2.60 bits per heavy atom. The highest BCUT2D eigenvalue weighted by atomic mass is 15.3. The predicted octanol–water partition coefficient (Wildman–Crippen LogP) is 3.75. The van der Waals surface area contributed by atoms with Gasteiger partial charge in [-0.1, -0.05) is 29.8 Å². The first-order valence-corrected chi connectivity index (χ1v) is 8.34. The number of hydrogen-bond acceptors (Lipinski definition) is 4. The molecule has 5 nitrogen and oxygen atoms in total. The molecule has 3 aromatic heterocycles. The standard InChI is InChI=1S/C20H19N5/c1-15-2-4-17(5-3-15)18-14-20-23-19(9-13-25(20)24-18)22-12-8-16-6-10-21-11-7-16/h2-7,9-11,13-14H,8,12H2,1H3,(H,22,23). The van der Waals surface area contributed by atoms with Crippen molar-refractivity contribution in [3.63, 3.8) is 0 Å². The normalized spacial score (nSPS) is 10.9. The minimum Gasteiger partial charge on any atom is -0.370 e. The summed E-state index contributed by atoms with van der Waals surface area (Å²) < 4.78 is 1.81. The molecule has 0 radical (unpaired) electrons. The quantitative estimate of drug-likeness (QED) is 0.606. The number of rotatable bonds is 5. The Labute approximate surface area is 146 Å². The summed E-state index contributed by atoms with van der Waals surface area (Å²) in [5, 5.41) is 7.97. The Morgan fingerprint density at radius 1 is 1.00 bits per heavy atom. The second-order valence-electron chi connectivity index (χ2n) is 6.04.